The van der Waals surface area contributed by atoms with E-state index >= 15 is 0 Å². The number of sulfone groups is 1. The predicted molar refractivity (Wildman–Crippen MR) is 102 cm³/mol. The molecule has 4 rings (SSSR count). The smallest absolute Gasteiger partial charge is 0.251 e. The molecule has 1 N–H and O–H groups in total. The Labute approximate surface area is 153 Å². The average Bonchev–Trinajstić information content (AvgIpc) is 2.99. The third-order valence-corrected chi connectivity index (χ3v) is 6.96. The highest BCUT2D eigenvalue weighted by Gasteiger charge is 2.29. The Morgan fingerprint density at radius 3 is 2.46 bits per heavy atom. The molecular formula is C20H22N2O3S. The van der Waals surface area contributed by atoms with Gasteiger partial charge in [-0.2, -0.15) is 0 Å². The minimum Gasteiger partial charge on any atom is -0.367 e. The van der Waals surface area contributed by atoms with E-state index in [9.17, 15) is 13.2 Å². The molecule has 1 unspecified atom stereocenters. The predicted octanol–water partition coefficient (Wildman–Crippen LogP) is 2.17. The second-order valence-corrected chi connectivity index (χ2v) is 9.29. The number of benzene rings is 2. The van der Waals surface area contributed by atoms with Gasteiger partial charge >= 0.3 is 0 Å². The average molecular weight is 370 g/mol. The van der Waals surface area contributed by atoms with Crippen LogP contribution < -0.4 is 10.2 Å². The molecule has 2 aromatic carbocycles. The maximum atomic E-state index is 12.3. The highest BCUT2D eigenvalue weighted by Crippen LogP contribution is 2.24. The van der Waals surface area contributed by atoms with Crippen molar-refractivity contribution in [3.05, 3.63) is 65.2 Å². The maximum Gasteiger partial charge on any atom is 0.251 e. The van der Waals surface area contributed by atoms with Gasteiger partial charge < -0.3 is 10.2 Å². The standard InChI is InChI=1S/C20H22N2O3S/c23-20(21-18-10-12-26(24,25)14-18)16-5-7-19(8-6-16)22-11-9-15-3-1-2-4-17(15)13-22/h1-8,18H,9-14H2,(H,21,23). The minimum absolute atomic E-state index is 0.0456. The number of hydrogen-bond donors (Lipinski definition) is 1. The van der Waals surface area contributed by atoms with E-state index in [-0.39, 0.29) is 23.5 Å². The van der Waals surface area contributed by atoms with Crippen LogP contribution >= 0.6 is 0 Å². The normalized spacial score (nSPS) is 21.2. The van der Waals surface area contributed by atoms with Gasteiger partial charge in [0.05, 0.1) is 11.5 Å². The second-order valence-electron chi connectivity index (χ2n) is 7.06. The number of nitrogens with zero attached hydrogens (tertiary/aromatic N) is 1. The summed E-state index contributed by atoms with van der Waals surface area (Å²) in [6.45, 7) is 1.84. The molecule has 0 aromatic heterocycles. The molecule has 2 aromatic rings. The van der Waals surface area contributed by atoms with E-state index in [4.69, 9.17) is 0 Å². The van der Waals surface area contributed by atoms with Crippen molar-refractivity contribution in [1.29, 1.82) is 0 Å². The Morgan fingerprint density at radius 2 is 1.77 bits per heavy atom. The Hall–Kier alpha value is -2.34. The highest BCUT2D eigenvalue weighted by atomic mass is 32.2. The van der Waals surface area contributed by atoms with E-state index in [1.165, 1.54) is 11.1 Å². The first-order valence-electron chi connectivity index (χ1n) is 8.93. The summed E-state index contributed by atoms with van der Waals surface area (Å²) in [5.74, 6) is -0.000206. The van der Waals surface area contributed by atoms with Crippen molar-refractivity contribution in [2.24, 2.45) is 0 Å². The first-order chi connectivity index (χ1) is 12.5. The number of hydrogen-bond acceptors (Lipinski definition) is 4. The third-order valence-electron chi connectivity index (χ3n) is 5.19. The van der Waals surface area contributed by atoms with Crippen LogP contribution in [0.25, 0.3) is 0 Å². The van der Waals surface area contributed by atoms with Crippen molar-refractivity contribution < 1.29 is 13.2 Å². The summed E-state index contributed by atoms with van der Waals surface area (Å²) in [6.07, 6.45) is 1.52. The molecule has 1 atom stereocenters. The molecule has 0 saturated carbocycles. The third kappa shape index (κ3) is 3.60. The zero-order chi connectivity index (χ0) is 18.1. The number of rotatable bonds is 3. The van der Waals surface area contributed by atoms with Gasteiger partial charge in [-0.25, -0.2) is 8.42 Å². The molecule has 136 valence electrons. The fourth-order valence-corrected chi connectivity index (χ4v) is 5.39. The van der Waals surface area contributed by atoms with Gasteiger partial charge in [-0.05, 0) is 48.2 Å². The van der Waals surface area contributed by atoms with Crippen LogP contribution in [-0.4, -0.2) is 38.4 Å². The van der Waals surface area contributed by atoms with Gasteiger partial charge in [0.2, 0.25) is 0 Å². The fraction of sp³-hybridized carbons (Fsp3) is 0.350. The van der Waals surface area contributed by atoms with Crippen LogP contribution in [0.15, 0.2) is 48.5 Å². The summed E-state index contributed by atoms with van der Waals surface area (Å²) < 4.78 is 23.0. The zero-order valence-electron chi connectivity index (χ0n) is 14.5. The van der Waals surface area contributed by atoms with Crippen molar-refractivity contribution in [2.75, 3.05) is 23.0 Å². The lowest BCUT2D eigenvalue weighted by atomic mass is 9.99. The van der Waals surface area contributed by atoms with Gasteiger partial charge in [-0.15, -0.1) is 0 Å². The molecule has 0 spiro atoms. The molecule has 1 amide bonds. The van der Waals surface area contributed by atoms with E-state index in [1.54, 1.807) is 0 Å². The molecule has 2 aliphatic rings. The van der Waals surface area contributed by atoms with Crippen LogP contribution in [-0.2, 0) is 22.8 Å². The van der Waals surface area contributed by atoms with E-state index in [0.717, 1.165) is 25.2 Å². The number of anilines is 1. The summed E-state index contributed by atoms with van der Waals surface area (Å²) in [5, 5.41) is 2.83. The van der Waals surface area contributed by atoms with E-state index in [0.29, 0.717) is 12.0 Å². The Bertz CT molecular complexity index is 922. The summed E-state index contributed by atoms with van der Waals surface area (Å²) in [5.41, 5.74) is 4.42. The minimum atomic E-state index is -2.99. The molecular weight excluding hydrogens is 348 g/mol. The molecule has 2 heterocycles. The van der Waals surface area contributed by atoms with Gasteiger partial charge in [-0.1, -0.05) is 24.3 Å². The maximum absolute atomic E-state index is 12.3. The summed E-state index contributed by atoms with van der Waals surface area (Å²) in [6, 6.07) is 15.8. The number of carbonyl (C=O) groups is 1. The number of nitrogens with one attached hydrogen (secondary N) is 1. The van der Waals surface area contributed by atoms with E-state index < -0.39 is 9.84 Å². The molecule has 0 aliphatic carbocycles. The van der Waals surface area contributed by atoms with Crippen molar-refractivity contribution in [1.82, 2.24) is 5.32 Å². The van der Waals surface area contributed by atoms with Crippen LogP contribution in [0.1, 0.15) is 27.9 Å². The first-order valence-corrected chi connectivity index (χ1v) is 10.8. The molecule has 5 nitrogen and oxygen atoms in total. The first kappa shape index (κ1) is 17.1. The van der Waals surface area contributed by atoms with Crippen molar-refractivity contribution >= 4 is 21.4 Å². The Kier molecular flexibility index (Phi) is 4.44. The van der Waals surface area contributed by atoms with Crippen molar-refractivity contribution in [3.63, 3.8) is 0 Å². The van der Waals surface area contributed by atoms with Crippen LogP contribution in [0.4, 0.5) is 5.69 Å². The Morgan fingerprint density at radius 1 is 1.04 bits per heavy atom. The number of amides is 1. The highest BCUT2D eigenvalue weighted by molar-refractivity contribution is 7.91. The molecule has 1 saturated heterocycles. The number of fused-ring (bicyclic) bond motifs is 1. The van der Waals surface area contributed by atoms with Gasteiger partial charge in [-0.3, -0.25) is 4.79 Å². The lowest BCUT2D eigenvalue weighted by Crippen LogP contribution is -2.35. The SMILES string of the molecule is O=C(NC1CCS(=O)(=O)C1)c1ccc(N2CCc3ccccc3C2)cc1. The van der Waals surface area contributed by atoms with Gasteiger partial charge in [0.15, 0.2) is 9.84 Å². The summed E-state index contributed by atoms with van der Waals surface area (Å²) in [7, 11) is -2.99. The number of carbonyl (C=O) groups excluding carboxylic acids is 1. The van der Waals surface area contributed by atoms with Crippen molar-refractivity contribution in [3.8, 4) is 0 Å². The Balaban J connectivity index is 1.42. The lowest BCUT2D eigenvalue weighted by Gasteiger charge is -2.30. The molecule has 1 fully saturated rings. The second kappa shape index (κ2) is 6.76. The van der Waals surface area contributed by atoms with Gasteiger partial charge in [0.1, 0.15) is 0 Å². The summed E-state index contributed by atoms with van der Waals surface area (Å²) in [4.78, 5) is 14.7. The van der Waals surface area contributed by atoms with E-state index in [2.05, 4.69) is 34.5 Å². The largest absolute Gasteiger partial charge is 0.367 e. The van der Waals surface area contributed by atoms with Crippen molar-refractivity contribution in [2.45, 2.75) is 25.4 Å². The summed E-state index contributed by atoms with van der Waals surface area (Å²) >= 11 is 0. The topological polar surface area (TPSA) is 66.5 Å². The van der Waals surface area contributed by atoms with E-state index in [1.807, 2.05) is 24.3 Å². The molecule has 2 aliphatic heterocycles. The van der Waals surface area contributed by atoms with Crippen LogP contribution in [0.5, 0.6) is 0 Å². The quantitative estimate of drug-likeness (QED) is 0.899. The van der Waals surface area contributed by atoms with Crippen LogP contribution in [0, 0.1) is 0 Å². The van der Waals surface area contributed by atoms with Crippen LogP contribution in [0.3, 0.4) is 0 Å². The molecule has 26 heavy (non-hydrogen) atoms. The van der Waals surface area contributed by atoms with Gasteiger partial charge in [0.25, 0.3) is 5.91 Å². The monoisotopic (exact) mass is 370 g/mol. The zero-order valence-corrected chi connectivity index (χ0v) is 15.3. The molecule has 0 radical (unpaired) electrons. The lowest BCUT2D eigenvalue weighted by molar-refractivity contribution is 0.0941. The fourth-order valence-electron chi connectivity index (χ4n) is 3.72. The molecule has 6 heteroatoms. The van der Waals surface area contributed by atoms with Gasteiger partial charge in [0, 0.05) is 30.4 Å². The molecule has 0 bridgehead atoms. The van der Waals surface area contributed by atoms with Crippen LogP contribution in [0.2, 0.25) is 0 Å².